The second kappa shape index (κ2) is 3.32. The summed E-state index contributed by atoms with van der Waals surface area (Å²) in [6, 6.07) is 0. The molecular formula is C8H12. The Labute approximate surface area is 51.6 Å². The van der Waals surface area contributed by atoms with Gasteiger partial charge in [-0.05, 0) is 17.9 Å². The first-order chi connectivity index (χ1) is 3.72. The zero-order chi connectivity index (χ0) is 6.57. The standard InChI is InChI=1S/C8H12/c1-5-7(3)8(4)6-2/h1,8H,3,6H2,2,4H3. The number of hydrogen-bond acceptors (Lipinski definition) is 0. The summed E-state index contributed by atoms with van der Waals surface area (Å²) in [5, 5.41) is 0. The Morgan fingerprint density at radius 1 is 1.88 bits per heavy atom. The molecule has 0 aliphatic rings. The van der Waals surface area contributed by atoms with Crippen LogP contribution in [0.1, 0.15) is 20.3 Å². The first-order valence-electron chi connectivity index (χ1n) is 2.87. The topological polar surface area (TPSA) is 0 Å². The van der Waals surface area contributed by atoms with Crippen molar-refractivity contribution in [3.05, 3.63) is 12.2 Å². The molecule has 0 radical (unpaired) electrons. The molecule has 0 saturated heterocycles. The van der Waals surface area contributed by atoms with Gasteiger partial charge in [0.2, 0.25) is 0 Å². The minimum absolute atomic E-state index is 0.486. The van der Waals surface area contributed by atoms with Gasteiger partial charge in [0, 0.05) is 0 Å². The second-order valence-electron chi connectivity index (χ2n) is 1.98. The van der Waals surface area contributed by atoms with Gasteiger partial charge in [-0.2, -0.15) is 0 Å². The van der Waals surface area contributed by atoms with Crippen LogP contribution in [-0.2, 0) is 0 Å². The summed E-state index contributed by atoms with van der Waals surface area (Å²) in [6.07, 6.45) is 6.19. The molecule has 0 fully saturated rings. The lowest BCUT2D eigenvalue weighted by atomic mass is 10.0. The van der Waals surface area contributed by atoms with Gasteiger partial charge in [0.25, 0.3) is 0 Å². The molecule has 1 unspecified atom stereocenters. The van der Waals surface area contributed by atoms with Crippen LogP contribution in [0.3, 0.4) is 0 Å². The monoisotopic (exact) mass is 108 g/mol. The summed E-state index contributed by atoms with van der Waals surface area (Å²) in [5.74, 6) is 3.01. The van der Waals surface area contributed by atoms with Gasteiger partial charge in [0.15, 0.2) is 0 Å². The highest BCUT2D eigenvalue weighted by atomic mass is 14.0. The van der Waals surface area contributed by atoms with Crippen molar-refractivity contribution >= 4 is 0 Å². The molecule has 0 N–H and O–H groups in total. The Bertz CT molecular complexity index is 114. The third-order valence-corrected chi connectivity index (χ3v) is 1.39. The van der Waals surface area contributed by atoms with E-state index in [1.807, 2.05) is 0 Å². The zero-order valence-corrected chi connectivity index (χ0v) is 5.57. The van der Waals surface area contributed by atoms with Crippen LogP contribution in [-0.4, -0.2) is 0 Å². The predicted molar refractivity (Wildman–Crippen MR) is 37.4 cm³/mol. The van der Waals surface area contributed by atoms with Crippen molar-refractivity contribution in [2.45, 2.75) is 20.3 Å². The lowest BCUT2D eigenvalue weighted by Crippen LogP contribution is -1.92. The number of terminal acetylenes is 1. The predicted octanol–water partition coefficient (Wildman–Crippen LogP) is 2.22. The van der Waals surface area contributed by atoms with E-state index in [-0.39, 0.29) is 0 Å². The minimum atomic E-state index is 0.486. The fourth-order valence-electron chi connectivity index (χ4n) is 0.389. The Kier molecular flexibility index (Phi) is 3.03. The van der Waals surface area contributed by atoms with E-state index >= 15 is 0 Å². The zero-order valence-electron chi connectivity index (χ0n) is 5.57. The van der Waals surface area contributed by atoms with Gasteiger partial charge < -0.3 is 0 Å². The quantitative estimate of drug-likeness (QED) is 0.476. The third kappa shape index (κ3) is 1.84. The second-order valence-corrected chi connectivity index (χ2v) is 1.98. The maximum Gasteiger partial charge on any atom is -0.00261 e. The van der Waals surface area contributed by atoms with E-state index in [1.54, 1.807) is 0 Å². The first kappa shape index (κ1) is 7.30. The summed E-state index contributed by atoms with van der Waals surface area (Å²) in [5.41, 5.74) is 0.910. The van der Waals surface area contributed by atoms with Crippen molar-refractivity contribution in [1.82, 2.24) is 0 Å². The van der Waals surface area contributed by atoms with Crippen LogP contribution < -0.4 is 0 Å². The average molecular weight is 108 g/mol. The molecule has 0 aromatic heterocycles. The maximum atomic E-state index is 5.10. The van der Waals surface area contributed by atoms with Crippen molar-refractivity contribution in [2.24, 2.45) is 5.92 Å². The molecule has 0 heterocycles. The van der Waals surface area contributed by atoms with Gasteiger partial charge in [-0.3, -0.25) is 0 Å². The highest BCUT2D eigenvalue weighted by molar-refractivity contribution is 5.23. The molecule has 0 spiro atoms. The Morgan fingerprint density at radius 2 is 2.38 bits per heavy atom. The molecule has 0 nitrogen and oxygen atoms in total. The van der Waals surface area contributed by atoms with Gasteiger partial charge in [0.1, 0.15) is 0 Å². The minimum Gasteiger partial charge on any atom is -0.115 e. The molecule has 0 aliphatic heterocycles. The van der Waals surface area contributed by atoms with Crippen LogP contribution in [0.25, 0.3) is 0 Å². The lowest BCUT2D eigenvalue weighted by Gasteiger charge is -2.03. The molecule has 1 atom stereocenters. The molecule has 0 heteroatoms. The average Bonchev–Trinajstić information content (AvgIpc) is 1.84. The molecule has 0 aromatic carbocycles. The SMILES string of the molecule is C#CC(=C)C(C)CC. The van der Waals surface area contributed by atoms with Crippen molar-refractivity contribution in [1.29, 1.82) is 0 Å². The molecule has 0 aliphatic carbocycles. The van der Waals surface area contributed by atoms with Crippen molar-refractivity contribution in [3.63, 3.8) is 0 Å². The maximum absolute atomic E-state index is 5.10. The fourth-order valence-corrected chi connectivity index (χ4v) is 0.389. The van der Waals surface area contributed by atoms with Gasteiger partial charge in [-0.25, -0.2) is 0 Å². The summed E-state index contributed by atoms with van der Waals surface area (Å²) in [7, 11) is 0. The number of rotatable bonds is 2. The molecule has 0 amide bonds. The van der Waals surface area contributed by atoms with Crippen LogP contribution in [0.2, 0.25) is 0 Å². The van der Waals surface area contributed by atoms with E-state index in [9.17, 15) is 0 Å². The lowest BCUT2D eigenvalue weighted by molar-refractivity contribution is 0.677. The molecule has 0 aromatic rings. The van der Waals surface area contributed by atoms with E-state index < -0.39 is 0 Å². The summed E-state index contributed by atoms with van der Waals surface area (Å²) >= 11 is 0. The van der Waals surface area contributed by atoms with Crippen LogP contribution in [0, 0.1) is 18.3 Å². The van der Waals surface area contributed by atoms with Crippen molar-refractivity contribution < 1.29 is 0 Å². The Morgan fingerprint density at radius 3 is 2.50 bits per heavy atom. The van der Waals surface area contributed by atoms with E-state index in [0.29, 0.717) is 5.92 Å². The van der Waals surface area contributed by atoms with E-state index in [1.165, 1.54) is 0 Å². The van der Waals surface area contributed by atoms with E-state index in [0.717, 1.165) is 12.0 Å². The van der Waals surface area contributed by atoms with Gasteiger partial charge in [0.05, 0.1) is 0 Å². The molecule has 8 heavy (non-hydrogen) atoms. The third-order valence-electron chi connectivity index (χ3n) is 1.39. The molecule has 0 saturated carbocycles. The molecule has 0 bridgehead atoms. The summed E-state index contributed by atoms with van der Waals surface area (Å²) in [4.78, 5) is 0. The fraction of sp³-hybridized carbons (Fsp3) is 0.500. The Balaban J connectivity index is 3.68. The summed E-state index contributed by atoms with van der Waals surface area (Å²) < 4.78 is 0. The van der Waals surface area contributed by atoms with Gasteiger partial charge in [-0.1, -0.05) is 26.3 Å². The van der Waals surface area contributed by atoms with E-state index in [2.05, 4.69) is 26.3 Å². The smallest absolute Gasteiger partial charge is 0.00261 e. The molecule has 44 valence electrons. The Hall–Kier alpha value is -0.700. The molecule has 0 rings (SSSR count). The highest BCUT2D eigenvalue weighted by Gasteiger charge is 1.97. The van der Waals surface area contributed by atoms with Crippen molar-refractivity contribution in [3.8, 4) is 12.3 Å². The summed E-state index contributed by atoms with van der Waals surface area (Å²) in [6.45, 7) is 7.90. The normalized spacial score (nSPS) is 12.1. The van der Waals surface area contributed by atoms with Gasteiger partial charge in [-0.15, -0.1) is 6.42 Å². The molecular weight excluding hydrogens is 96.1 g/mol. The van der Waals surface area contributed by atoms with Crippen molar-refractivity contribution in [2.75, 3.05) is 0 Å². The highest BCUT2D eigenvalue weighted by Crippen LogP contribution is 2.09. The largest absolute Gasteiger partial charge is 0.115 e. The number of allylic oxidation sites excluding steroid dienone is 1. The van der Waals surface area contributed by atoms with Crippen LogP contribution in [0.15, 0.2) is 12.2 Å². The van der Waals surface area contributed by atoms with Gasteiger partial charge >= 0.3 is 0 Å². The van der Waals surface area contributed by atoms with E-state index in [4.69, 9.17) is 6.42 Å². The van der Waals surface area contributed by atoms with Crippen LogP contribution in [0.4, 0.5) is 0 Å². The first-order valence-corrected chi connectivity index (χ1v) is 2.87. The van der Waals surface area contributed by atoms with Crippen LogP contribution in [0.5, 0.6) is 0 Å². The van der Waals surface area contributed by atoms with Crippen LogP contribution >= 0.6 is 0 Å². The number of hydrogen-bond donors (Lipinski definition) is 0.